The SMILES string of the molecule is CN(CCO)Cc1ccc(-c2ccc3c(=O)n(CC[C@@](C)(C(=O)NO)S(C)(=O)=O)ccc3c2)c(F)c1. The van der Waals surface area contributed by atoms with Crippen LogP contribution in [0.4, 0.5) is 4.39 Å². The average Bonchev–Trinajstić information content (AvgIpc) is 2.82. The number of hydrogen-bond donors (Lipinski definition) is 3. The summed E-state index contributed by atoms with van der Waals surface area (Å²) in [5, 5.41) is 18.9. The van der Waals surface area contributed by atoms with Crippen molar-refractivity contribution in [2.24, 2.45) is 0 Å². The lowest BCUT2D eigenvalue weighted by atomic mass is 10.00. The maximum atomic E-state index is 14.9. The lowest BCUT2D eigenvalue weighted by Gasteiger charge is -2.25. The first kappa shape index (κ1) is 27.5. The molecular formula is C25H30FN3O6S. The minimum absolute atomic E-state index is 0.0187. The van der Waals surface area contributed by atoms with E-state index in [4.69, 9.17) is 10.3 Å². The second-order valence-electron chi connectivity index (χ2n) is 9.09. The number of carbonyl (C=O) groups excluding carboxylic acids is 1. The first-order chi connectivity index (χ1) is 16.9. The zero-order valence-corrected chi connectivity index (χ0v) is 21.2. The Hall–Kier alpha value is -3.12. The van der Waals surface area contributed by atoms with E-state index >= 15 is 0 Å². The molecule has 194 valence electrons. The van der Waals surface area contributed by atoms with E-state index in [1.807, 2.05) is 18.0 Å². The number of rotatable bonds is 10. The number of halogens is 1. The molecule has 3 aromatic rings. The van der Waals surface area contributed by atoms with Gasteiger partial charge in [-0.25, -0.2) is 18.3 Å². The lowest BCUT2D eigenvalue weighted by molar-refractivity contribution is -0.131. The zero-order valence-electron chi connectivity index (χ0n) is 20.4. The van der Waals surface area contributed by atoms with E-state index in [2.05, 4.69) is 0 Å². The van der Waals surface area contributed by atoms with Crippen molar-refractivity contribution in [3.05, 3.63) is 70.4 Å². The number of carbonyl (C=O) groups is 1. The van der Waals surface area contributed by atoms with E-state index in [-0.39, 0.29) is 25.1 Å². The number of nitrogens with one attached hydrogen (secondary N) is 1. The predicted octanol–water partition coefficient (Wildman–Crippen LogP) is 1.93. The highest BCUT2D eigenvalue weighted by Gasteiger charge is 2.43. The van der Waals surface area contributed by atoms with Gasteiger partial charge in [-0.15, -0.1) is 0 Å². The summed E-state index contributed by atoms with van der Waals surface area (Å²) in [5.41, 5.74) is 2.75. The van der Waals surface area contributed by atoms with Gasteiger partial charge in [0.1, 0.15) is 5.82 Å². The van der Waals surface area contributed by atoms with E-state index in [0.29, 0.717) is 35.0 Å². The minimum Gasteiger partial charge on any atom is -0.395 e. The highest BCUT2D eigenvalue weighted by molar-refractivity contribution is 7.92. The van der Waals surface area contributed by atoms with Crippen molar-refractivity contribution in [1.82, 2.24) is 14.9 Å². The molecule has 0 fully saturated rings. The minimum atomic E-state index is -3.89. The molecule has 36 heavy (non-hydrogen) atoms. The van der Waals surface area contributed by atoms with Crippen LogP contribution >= 0.6 is 0 Å². The van der Waals surface area contributed by atoms with Gasteiger partial charge in [0.25, 0.3) is 11.5 Å². The first-order valence-electron chi connectivity index (χ1n) is 11.3. The van der Waals surface area contributed by atoms with Crippen molar-refractivity contribution >= 4 is 26.5 Å². The van der Waals surface area contributed by atoms with Gasteiger partial charge in [-0.2, -0.15) is 0 Å². The standard InChI is InChI=1S/C25H30FN3O6S/c1-25(24(32)27-33,36(3,34)35)9-11-29-10-8-19-15-18(5-7-21(19)23(29)31)20-6-4-17(14-22(20)26)16-28(2)12-13-30/h4-8,10,14-15,30,33H,9,11-13,16H2,1-3H3,(H,27,32)/t25-/m0/s1. The number of aryl methyl sites for hydroxylation is 1. The number of benzene rings is 2. The highest BCUT2D eigenvalue weighted by atomic mass is 32.2. The van der Waals surface area contributed by atoms with Crippen LogP contribution in [0.25, 0.3) is 21.9 Å². The number of amides is 1. The summed E-state index contributed by atoms with van der Waals surface area (Å²) in [6, 6.07) is 11.5. The largest absolute Gasteiger partial charge is 0.395 e. The van der Waals surface area contributed by atoms with Crippen LogP contribution in [0.15, 0.2) is 53.5 Å². The van der Waals surface area contributed by atoms with E-state index in [0.717, 1.165) is 11.8 Å². The van der Waals surface area contributed by atoms with Gasteiger partial charge in [0.2, 0.25) is 0 Å². The number of aliphatic hydroxyl groups is 1. The molecule has 0 radical (unpaired) electrons. The number of nitrogens with zero attached hydrogens (tertiary/aromatic N) is 2. The van der Waals surface area contributed by atoms with E-state index in [9.17, 15) is 22.4 Å². The molecule has 0 bridgehead atoms. The van der Waals surface area contributed by atoms with E-state index in [1.165, 1.54) is 29.2 Å². The summed E-state index contributed by atoms with van der Waals surface area (Å²) in [7, 11) is -2.06. The topological polar surface area (TPSA) is 129 Å². The molecule has 0 saturated heterocycles. The van der Waals surface area contributed by atoms with Gasteiger partial charge in [-0.05, 0) is 61.2 Å². The number of pyridine rings is 1. The molecule has 0 spiro atoms. The maximum Gasteiger partial charge on any atom is 0.264 e. The van der Waals surface area contributed by atoms with Crippen molar-refractivity contribution in [1.29, 1.82) is 0 Å². The molecule has 9 nitrogen and oxygen atoms in total. The Morgan fingerprint density at radius 3 is 2.53 bits per heavy atom. The van der Waals surface area contributed by atoms with Crippen LogP contribution in [0, 0.1) is 5.82 Å². The van der Waals surface area contributed by atoms with Gasteiger partial charge in [0.15, 0.2) is 14.6 Å². The molecule has 3 N–H and O–H groups in total. The van der Waals surface area contributed by atoms with Crippen LogP contribution in [0.1, 0.15) is 18.9 Å². The first-order valence-corrected chi connectivity index (χ1v) is 13.2. The van der Waals surface area contributed by atoms with E-state index < -0.39 is 26.3 Å². The third-order valence-corrected chi connectivity index (χ3v) is 8.51. The van der Waals surface area contributed by atoms with Crippen molar-refractivity contribution in [2.75, 3.05) is 26.5 Å². The summed E-state index contributed by atoms with van der Waals surface area (Å²) < 4.78 is 38.6. The normalized spacial score (nSPS) is 13.6. The molecule has 1 atom stereocenters. The summed E-state index contributed by atoms with van der Waals surface area (Å²) >= 11 is 0. The van der Waals surface area contributed by atoms with Crippen molar-refractivity contribution in [3.63, 3.8) is 0 Å². The van der Waals surface area contributed by atoms with Crippen LogP contribution in [0.3, 0.4) is 0 Å². The average molecular weight is 520 g/mol. The molecule has 1 aromatic heterocycles. The summed E-state index contributed by atoms with van der Waals surface area (Å²) in [5.74, 6) is -1.48. The van der Waals surface area contributed by atoms with Crippen molar-refractivity contribution in [3.8, 4) is 11.1 Å². The fourth-order valence-corrected chi connectivity index (χ4v) is 4.85. The monoisotopic (exact) mass is 519 g/mol. The number of aliphatic hydroxyl groups excluding tert-OH is 1. The number of likely N-dealkylation sites (N-methyl/N-ethyl adjacent to an activating group) is 1. The van der Waals surface area contributed by atoms with Gasteiger partial charge in [0, 0.05) is 43.0 Å². The number of fused-ring (bicyclic) bond motifs is 1. The quantitative estimate of drug-likeness (QED) is 0.276. The lowest BCUT2D eigenvalue weighted by Crippen LogP contribution is -2.49. The zero-order chi connectivity index (χ0) is 26.7. The third-order valence-electron chi connectivity index (χ3n) is 6.49. The van der Waals surface area contributed by atoms with Crippen LogP contribution < -0.4 is 11.0 Å². The second kappa shape index (κ2) is 10.9. The number of hydroxylamine groups is 1. The Labute approximate surface area is 208 Å². The molecule has 3 rings (SSSR count). The second-order valence-corrected chi connectivity index (χ2v) is 11.5. The summed E-state index contributed by atoms with van der Waals surface area (Å²) in [4.78, 5) is 26.9. The van der Waals surface area contributed by atoms with Crippen molar-refractivity contribution < 1.29 is 27.9 Å². The maximum absolute atomic E-state index is 14.9. The van der Waals surface area contributed by atoms with Gasteiger partial charge in [-0.3, -0.25) is 19.7 Å². The molecule has 0 aliphatic carbocycles. The Balaban J connectivity index is 1.88. The fourth-order valence-electron chi connectivity index (χ4n) is 4.00. The molecule has 2 aromatic carbocycles. The number of sulfone groups is 1. The smallest absolute Gasteiger partial charge is 0.264 e. The Kier molecular flexibility index (Phi) is 8.29. The molecule has 0 saturated carbocycles. The molecular weight excluding hydrogens is 489 g/mol. The summed E-state index contributed by atoms with van der Waals surface area (Å²) in [6.07, 6.45) is 2.16. The molecule has 1 amide bonds. The number of hydrogen-bond acceptors (Lipinski definition) is 7. The molecule has 0 aliphatic rings. The van der Waals surface area contributed by atoms with Crippen molar-refractivity contribution in [2.45, 2.75) is 31.2 Å². The van der Waals surface area contributed by atoms with Gasteiger partial charge in [0.05, 0.1) is 6.61 Å². The number of aromatic nitrogens is 1. The fraction of sp³-hybridized carbons (Fsp3) is 0.360. The van der Waals surface area contributed by atoms with Gasteiger partial charge in [-0.1, -0.05) is 18.2 Å². The molecule has 1 heterocycles. The predicted molar refractivity (Wildman–Crippen MR) is 135 cm³/mol. The Bertz CT molecular complexity index is 1440. The van der Waals surface area contributed by atoms with Crippen LogP contribution in [-0.2, 0) is 27.7 Å². The van der Waals surface area contributed by atoms with Crippen LogP contribution in [0.2, 0.25) is 0 Å². The van der Waals surface area contributed by atoms with Crippen LogP contribution in [0.5, 0.6) is 0 Å². The van der Waals surface area contributed by atoms with Gasteiger partial charge >= 0.3 is 0 Å². The molecule has 0 unspecified atom stereocenters. The molecule has 0 aliphatic heterocycles. The summed E-state index contributed by atoms with van der Waals surface area (Å²) in [6.45, 7) is 2.11. The van der Waals surface area contributed by atoms with E-state index in [1.54, 1.807) is 30.3 Å². The van der Waals surface area contributed by atoms with Gasteiger partial charge < -0.3 is 9.67 Å². The Morgan fingerprint density at radius 2 is 1.92 bits per heavy atom. The third kappa shape index (κ3) is 5.65. The molecule has 11 heteroatoms. The Morgan fingerprint density at radius 1 is 1.19 bits per heavy atom. The van der Waals surface area contributed by atoms with Crippen LogP contribution in [-0.4, -0.2) is 65.3 Å². The highest BCUT2D eigenvalue weighted by Crippen LogP contribution is 2.27.